The maximum Gasteiger partial charge on any atom is 0.118 e. The Bertz CT molecular complexity index is 675. The smallest absolute Gasteiger partial charge is 0.118 e. The topological polar surface area (TPSA) is 61.8 Å². The number of fused-ring (bicyclic) bond motifs is 1. The summed E-state index contributed by atoms with van der Waals surface area (Å²) in [5.41, 5.74) is 3.92. The number of benzene rings is 2. The zero-order valence-electron chi connectivity index (χ0n) is 9.80. The maximum absolute atomic E-state index is 9.70. The van der Waals surface area contributed by atoms with Crippen molar-refractivity contribution in [2.24, 2.45) is 0 Å². The molecule has 0 saturated carbocycles. The first-order valence-corrected chi connectivity index (χ1v) is 5.89. The predicted molar refractivity (Wildman–Crippen MR) is 69.4 cm³/mol. The van der Waals surface area contributed by atoms with E-state index in [2.05, 4.69) is 15.4 Å². The van der Waals surface area contributed by atoms with Gasteiger partial charge in [-0.05, 0) is 42.2 Å². The van der Waals surface area contributed by atoms with Crippen LogP contribution in [0.25, 0.3) is 11.0 Å². The molecule has 4 nitrogen and oxygen atoms in total. The Morgan fingerprint density at radius 2 is 1.78 bits per heavy atom. The lowest BCUT2D eigenvalue weighted by molar-refractivity contribution is 0.468. The summed E-state index contributed by atoms with van der Waals surface area (Å²) in [5, 5.41) is 20.4. The van der Waals surface area contributed by atoms with Crippen molar-refractivity contribution in [3.8, 4) is 5.75 Å². The Morgan fingerprint density at radius 3 is 2.67 bits per heavy atom. The summed E-state index contributed by atoms with van der Waals surface area (Å²) in [6.45, 7) is 0. The van der Waals surface area contributed by atoms with Gasteiger partial charge in [0.05, 0.1) is 0 Å². The van der Waals surface area contributed by atoms with Gasteiger partial charge in [-0.15, -0.1) is 0 Å². The fourth-order valence-electron chi connectivity index (χ4n) is 2.04. The number of nitrogens with zero attached hydrogens (tertiary/aromatic N) is 2. The molecule has 1 aromatic heterocycles. The number of aromatic amines is 1. The maximum atomic E-state index is 9.70. The van der Waals surface area contributed by atoms with Crippen LogP contribution in [0.4, 0.5) is 0 Å². The number of rotatable bonds is 3. The standard InChI is InChI=1S/C14H13N3O/c18-14-4-2-1-3-11(14)7-5-10-6-8-12-13(9-10)16-17-15-12/h1-4,6,8-9,18H,5,7H2,(H,15,16,17). The van der Waals surface area contributed by atoms with Crippen LogP contribution in [0.1, 0.15) is 11.1 Å². The van der Waals surface area contributed by atoms with E-state index in [9.17, 15) is 5.11 Å². The molecule has 0 radical (unpaired) electrons. The summed E-state index contributed by atoms with van der Waals surface area (Å²) < 4.78 is 0. The van der Waals surface area contributed by atoms with Gasteiger partial charge in [-0.2, -0.15) is 15.4 Å². The van der Waals surface area contributed by atoms with E-state index in [-0.39, 0.29) is 0 Å². The van der Waals surface area contributed by atoms with Crippen molar-refractivity contribution in [3.05, 3.63) is 53.6 Å². The zero-order chi connectivity index (χ0) is 12.4. The van der Waals surface area contributed by atoms with Crippen LogP contribution in [0.2, 0.25) is 0 Å². The van der Waals surface area contributed by atoms with Gasteiger partial charge < -0.3 is 5.11 Å². The Kier molecular flexibility index (Phi) is 2.68. The van der Waals surface area contributed by atoms with Crippen molar-refractivity contribution < 1.29 is 5.11 Å². The number of para-hydroxylation sites is 1. The van der Waals surface area contributed by atoms with E-state index in [1.807, 2.05) is 36.4 Å². The van der Waals surface area contributed by atoms with E-state index in [0.29, 0.717) is 5.75 Å². The van der Waals surface area contributed by atoms with Crippen LogP contribution in [0.15, 0.2) is 42.5 Å². The van der Waals surface area contributed by atoms with E-state index in [4.69, 9.17) is 0 Å². The molecule has 0 bridgehead atoms. The third-order valence-electron chi connectivity index (χ3n) is 3.06. The monoisotopic (exact) mass is 239 g/mol. The van der Waals surface area contributed by atoms with E-state index < -0.39 is 0 Å². The van der Waals surface area contributed by atoms with Crippen LogP contribution < -0.4 is 0 Å². The van der Waals surface area contributed by atoms with Gasteiger partial charge >= 0.3 is 0 Å². The molecule has 18 heavy (non-hydrogen) atoms. The second kappa shape index (κ2) is 4.49. The highest BCUT2D eigenvalue weighted by Gasteiger charge is 2.03. The third kappa shape index (κ3) is 2.05. The number of phenolic OH excluding ortho intramolecular Hbond substituents is 1. The molecule has 3 rings (SSSR count). The van der Waals surface area contributed by atoms with Crippen LogP contribution in [0.5, 0.6) is 5.75 Å². The predicted octanol–water partition coefficient (Wildman–Crippen LogP) is 2.45. The molecule has 1 heterocycles. The quantitative estimate of drug-likeness (QED) is 0.738. The number of H-pyrrole nitrogens is 1. The minimum Gasteiger partial charge on any atom is -0.508 e. The average Bonchev–Trinajstić information content (AvgIpc) is 2.85. The van der Waals surface area contributed by atoms with Gasteiger partial charge in [0, 0.05) is 0 Å². The molecule has 2 aromatic carbocycles. The second-order valence-electron chi connectivity index (χ2n) is 4.28. The minimum absolute atomic E-state index is 0.361. The first kappa shape index (κ1) is 10.8. The fraction of sp³-hybridized carbons (Fsp3) is 0.143. The number of hydrogen-bond donors (Lipinski definition) is 2. The van der Waals surface area contributed by atoms with Gasteiger partial charge in [-0.3, -0.25) is 0 Å². The van der Waals surface area contributed by atoms with Crippen LogP contribution in [-0.2, 0) is 12.8 Å². The van der Waals surface area contributed by atoms with Crippen molar-refractivity contribution in [3.63, 3.8) is 0 Å². The largest absolute Gasteiger partial charge is 0.508 e. The normalized spacial score (nSPS) is 10.9. The van der Waals surface area contributed by atoms with Crippen molar-refractivity contribution in [2.75, 3.05) is 0 Å². The molecule has 0 amide bonds. The Labute approximate surface area is 104 Å². The summed E-state index contributed by atoms with van der Waals surface area (Å²) in [6.07, 6.45) is 1.69. The molecule has 0 aliphatic heterocycles. The van der Waals surface area contributed by atoms with Gasteiger partial charge in [0.25, 0.3) is 0 Å². The van der Waals surface area contributed by atoms with Crippen molar-refractivity contribution >= 4 is 11.0 Å². The molecule has 3 aromatic rings. The minimum atomic E-state index is 0.361. The number of phenols is 1. The number of hydrogen-bond acceptors (Lipinski definition) is 3. The van der Waals surface area contributed by atoms with Gasteiger partial charge in [0.1, 0.15) is 16.8 Å². The number of aromatic hydroxyl groups is 1. The van der Waals surface area contributed by atoms with Gasteiger partial charge in [-0.25, -0.2) is 0 Å². The van der Waals surface area contributed by atoms with Crippen LogP contribution in [0, 0.1) is 0 Å². The van der Waals surface area contributed by atoms with E-state index >= 15 is 0 Å². The Balaban J connectivity index is 1.78. The first-order chi connectivity index (χ1) is 8.83. The molecule has 0 unspecified atom stereocenters. The fourth-order valence-corrected chi connectivity index (χ4v) is 2.04. The van der Waals surface area contributed by atoms with Crippen LogP contribution in [0.3, 0.4) is 0 Å². The lowest BCUT2D eigenvalue weighted by Crippen LogP contribution is -1.91. The highest BCUT2D eigenvalue weighted by molar-refractivity contribution is 5.74. The molecule has 4 heteroatoms. The van der Waals surface area contributed by atoms with E-state index in [0.717, 1.165) is 29.4 Å². The molecule has 90 valence electrons. The van der Waals surface area contributed by atoms with Crippen LogP contribution >= 0.6 is 0 Å². The van der Waals surface area contributed by atoms with Crippen molar-refractivity contribution in [1.29, 1.82) is 0 Å². The lowest BCUT2D eigenvalue weighted by Gasteiger charge is -2.04. The summed E-state index contributed by atoms with van der Waals surface area (Å²) in [4.78, 5) is 0. The second-order valence-corrected chi connectivity index (χ2v) is 4.28. The van der Waals surface area contributed by atoms with Gasteiger partial charge in [0.15, 0.2) is 0 Å². The molecule has 0 spiro atoms. The average molecular weight is 239 g/mol. The lowest BCUT2D eigenvalue weighted by atomic mass is 10.0. The highest BCUT2D eigenvalue weighted by Crippen LogP contribution is 2.19. The Hall–Kier alpha value is -2.36. The number of aryl methyl sites for hydroxylation is 2. The number of nitrogens with one attached hydrogen (secondary N) is 1. The molecule has 2 N–H and O–H groups in total. The van der Waals surface area contributed by atoms with E-state index in [1.54, 1.807) is 6.07 Å². The van der Waals surface area contributed by atoms with Gasteiger partial charge in [0.2, 0.25) is 0 Å². The third-order valence-corrected chi connectivity index (χ3v) is 3.06. The summed E-state index contributed by atoms with van der Waals surface area (Å²) >= 11 is 0. The number of aromatic nitrogens is 3. The molecule has 0 fully saturated rings. The molecular weight excluding hydrogens is 226 g/mol. The highest BCUT2D eigenvalue weighted by atomic mass is 16.3. The van der Waals surface area contributed by atoms with Gasteiger partial charge in [-0.1, -0.05) is 24.3 Å². The molecule has 0 aliphatic rings. The van der Waals surface area contributed by atoms with Crippen molar-refractivity contribution in [1.82, 2.24) is 15.4 Å². The summed E-state index contributed by atoms with van der Waals surface area (Å²) in [7, 11) is 0. The Morgan fingerprint density at radius 1 is 0.944 bits per heavy atom. The SMILES string of the molecule is Oc1ccccc1CCc1ccc2n[nH]nc2c1. The molecular formula is C14H13N3O. The zero-order valence-corrected chi connectivity index (χ0v) is 9.80. The molecule has 0 atom stereocenters. The van der Waals surface area contributed by atoms with Crippen LogP contribution in [-0.4, -0.2) is 20.5 Å². The first-order valence-electron chi connectivity index (χ1n) is 5.89. The molecule has 0 aliphatic carbocycles. The summed E-state index contributed by atoms with van der Waals surface area (Å²) in [6, 6.07) is 13.5. The van der Waals surface area contributed by atoms with Crippen molar-refractivity contribution in [2.45, 2.75) is 12.8 Å². The van der Waals surface area contributed by atoms with E-state index in [1.165, 1.54) is 5.56 Å². The molecule has 0 saturated heterocycles. The summed E-state index contributed by atoms with van der Waals surface area (Å²) in [5.74, 6) is 0.361.